The molecule has 21 heavy (non-hydrogen) atoms. The van der Waals surface area contributed by atoms with Gasteiger partial charge in [-0.2, -0.15) is 0 Å². The first kappa shape index (κ1) is 16.9. The van der Waals surface area contributed by atoms with Crippen molar-refractivity contribution in [2.24, 2.45) is 11.8 Å². The monoisotopic (exact) mass is 290 g/mol. The number of aromatic nitrogens is 1. The SMILES string of the molecule is CC(C)CC(CNC(=O)C=Cc1cccnc1)CC(=O)O. The summed E-state index contributed by atoms with van der Waals surface area (Å²) in [5.74, 6) is -0.700. The van der Waals surface area contributed by atoms with Gasteiger partial charge in [-0.1, -0.05) is 19.9 Å². The van der Waals surface area contributed by atoms with E-state index in [9.17, 15) is 9.59 Å². The number of carbonyl (C=O) groups is 2. The van der Waals surface area contributed by atoms with Crippen molar-refractivity contribution in [3.05, 3.63) is 36.2 Å². The van der Waals surface area contributed by atoms with Crippen molar-refractivity contribution in [3.63, 3.8) is 0 Å². The minimum Gasteiger partial charge on any atom is -0.481 e. The lowest BCUT2D eigenvalue weighted by Crippen LogP contribution is -2.29. The molecule has 1 aromatic rings. The summed E-state index contributed by atoms with van der Waals surface area (Å²) in [4.78, 5) is 26.5. The zero-order valence-electron chi connectivity index (χ0n) is 12.5. The van der Waals surface area contributed by atoms with Crippen molar-refractivity contribution >= 4 is 18.0 Å². The van der Waals surface area contributed by atoms with Gasteiger partial charge >= 0.3 is 5.97 Å². The summed E-state index contributed by atoms with van der Waals surface area (Å²) in [7, 11) is 0. The maximum Gasteiger partial charge on any atom is 0.303 e. The van der Waals surface area contributed by atoms with Crippen molar-refractivity contribution in [1.82, 2.24) is 10.3 Å². The third-order valence-corrected chi connectivity index (χ3v) is 2.94. The summed E-state index contributed by atoms with van der Waals surface area (Å²) in [5, 5.41) is 11.6. The van der Waals surface area contributed by atoms with E-state index in [0.29, 0.717) is 12.5 Å². The van der Waals surface area contributed by atoms with Crippen molar-refractivity contribution in [2.75, 3.05) is 6.54 Å². The number of rotatable bonds is 8. The Morgan fingerprint density at radius 2 is 2.19 bits per heavy atom. The summed E-state index contributed by atoms with van der Waals surface area (Å²) >= 11 is 0. The van der Waals surface area contributed by atoms with Gasteiger partial charge in [0.05, 0.1) is 0 Å². The highest BCUT2D eigenvalue weighted by atomic mass is 16.4. The van der Waals surface area contributed by atoms with Crippen LogP contribution in [-0.4, -0.2) is 28.5 Å². The maximum absolute atomic E-state index is 11.7. The summed E-state index contributed by atoms with van der Waals surface area (Å²) in [6.07, 6.45) is 7.29. The number of aliphatic carboxylic acids is 1. The smallest absolute Gasteiger partial charge is 0.303 e. The predicted molar refractivity (Wildman–Crippen MR) is 81.5 cm³/mol. The maximum atomic E-state index is 11.7. The summed E-state index contributed by atoms with van der Waals surface area (Å²) in [6, 6.07) is 3.64. The molecule has 114 valence electrons. The molecule has 0 saturated heterocycles. The number of hydrogen-bond acceptors (Lipinski definition) is 3. The van der Waals surface area contributed by atoms with E-state index in [-0.39, 0.29) is 18.2 Å². The highest BCUT2D eigenvalue weighted by Gasteiger charge is 2.15. The Kier molecular flexibility index (Phi) is 7.15. The van der Waals surface area contributed by atoms with Crippen LogP contribution in [0.3, 0.4) is 0 Å². The molecule has 5 heteroatoms. The minimum absolute atomic E-state index is 0.0433. The van der Waals surface area contributed by atoms with Gasteiger partial charge in [-0.25, -0.2) is 0 Å². The molecular formula is C16H22N2O3. The number of carboxylic acid groups (broad SMARTS) is 1. The topological polar surface area (TPSA) is 79.3 Å². The zero-order chi connectivity index (χ0) is 15.7. The van der Waals surface area contributed by atoms with E-state index < -0.39 is 5.97 Å². The predicted octanol–water partition coefficient (Wildman–Crippen LogP) is 2.35. The van der Waals surface area contributed by atoms with Gasteiger partial charge in [0.25, 0.3) is 0 Å². The van der Waals surface area contributed by atoms with Crippen molar-refractivity contribution in [1.29, 1.82) is 0 Å². The van der Waals surface area contributed by atoms with Crippen LogP contribution < -0.4 is 5.32 Å². The molecule has 0 spiro atoms. The minimum atomic E-state index is -0.833. The van der Waals surface area contributed by atoms with Crippen LogP contribution >= 0.6 is 0 Å². The molecule has 2 N–H and O–H groups in total. The third-order valence-electron chi connectivity index (χ3n) is 2.94. The molecule has 1 amide bonds. The number of pyridine rings is 1. The highest BCUT2D eigenvalue weighted by molar-refractivity contribution is 5.91. The molecule has 0 aliphatic heterocycles. The highest BCUT2D eigenvalue weighted by Crippen LogP contribution is 2.14. The number of nitrogens with one attached hydrogen (secondary N) is 1. The van der Waals surface area contributed by atoms with Crippen LogP contribution in [0.25, 0.3) is 6.08 Å². The lowest BCUT2D eigenvalue weighted by Gasteiger charge is -2.17. The van der Waals surface area contributed by atoms with E-state index in [4.69, 9.17) is 5.11 Å². The molecule has 0 radical (unpaired) electrons. The molecule has 1 unspecified atom stereocenters. The first-order valence-electron chi connectivity index (χ1n) is 7.05. The lowest BCUT2D eigenvalue weighted by molar-refractivity contribution is -0.138. The van der Waals surface area contributed by atoms with Crippen LogP contribution in [0.15, 0.2) is 30.6 Å². The van der Waals surface area contributed by atoms with E-state index in [2.05, 4.69) is 10.3 Å². The molecule has 0 fully saturated rings. The Hall–Kier alpha value is -2.17. The van der Waals surface area contributed by atoms with Gasteiger partial charge < -0.3 is 10.4 Å². The molecule has 1 atom stereocenters. The molecular weight excluding hydrogens is 268 g/mol. The van der Waals surface area contributed by atoms with Crippen LogP contribution in [0, 0.1) is 11.8 Å². The first-order chi connectivity index (χ1) is 9.97. The number of nitrogens with zero attached hydrogens (tertiary/aromatic N) is 1. The van der Waals surface area contributed by atoms with Crippen LogP contribution in [0.1, 0.15) is 32.3 Å². The third kappa shape index (κ3) is 7.87. The van der Waals surface area contributed by atoms with E-state index in [1.165, 1.54) is 6.08 Å². The van der Waals surface area contributed by atoms with Crippen LogP contribution in [0.5, 0.6) is 0 Å². The quantitative estimate of drug-likeness (QED) is 0.720. The van der Waals surface area contributed by atoms with Gasteiger partial charge in [0.2, 0.25) is 5.91 Å². The van der Waals surface area contributed by atoms with Gasteiger partial charge in [-0.15, -0.1) is 0 Å². The molecule has 0 saturated carbocycles. The zero-order valence-corrected chi connectivity index (χ0v) is 12.5. The first-order valence-corrected chi connectivity index (χ1v) is 7.05. The molecule has 1 rings (SSSR count). The molecule has 0 aromatic carbocycles. The molecule has 0 aliphatic carbocycles. The molecule has 0 bridgehead atoms. The summed E-state index contributed by atoms with van der Waals surface area (Å²) < 4.78 is 0. The van der Waals surface area contributed by atoms with E-state index in [0.717, 1.165) is 12.0 Å². The van der Waals surface area contributed by atoms with Crippen molar-refractivity contribution < 1.29 is 14.7 Å². The molecule has 0 aliphatic rings. The summed E-state index contributed by atoms with van der Waals surface area (Å²) in [6.45, 7) is 4.46. The fourth-order valence-electron chi connectivity index (χ4n) is 2.10. The molecule has 1 aromatic heterocycles. The summed E-state index contributed by atoms with van der Waals surface area (Å²) in [5.41, 5.74) is 0.844. The Morgan fingerprint density at radius 1 is 1.43 bits per heavy atom. The van der Waals surface area contributed by atoms with E-state index >= 15 is 0 Å². The van der Waals surface area contributed by atoms with Gasteiger partial charge in [0.1, 0.15) is 0 Å². The second-order valence-electron chi connectivity index (χ2n) is 5.46. The van der Waals surface area contributed by atoms with Crippen molar-refractivity contribution in [3.8, 4) is 0 Å². The van der Waals surface area contributed by atoms with Crippen molar-refractivity contribution in [2.45, 2.75) is 26.7 Å². The Morgan fingerprint density at radius 3 is 2.76 bits per heavy atom. The average molecular weight is 290 g/mol. The Bertz CT molecular complexity index is 484. The van der Waals surface area contributed by atoms with Crippen LogP contribution in [0.2, 0.25) is 0 Å². The van der Waals surface area contributed by atoms with Gasteiger partial charge in [0.15, 0.2) is 0 Å². The number of carbonyl (C=O) groups excluding carboxylic acids is 1. The number of amides is 1. The van der Waals surface area contributed by atoms with Gasteiger partial charge in [-0.05, 0) is 36.0 Å². The number of hydrogen-bond donors (Lipinski definition) is 2. The van der Waals surface area contributed by atoms with Crippen LogP contribution in [-0.2, 0) is 9.59 Å². The lowest BCUT2D eigenvalue weighted by atomic mass is 9.94. The molecule has 1 heterocycles. The standard InChI is InChI=1S/C16H22N2O3/c1-12(2)8-14(9-16(20)21)11-18-15(19)6-5-13-4-3-7-17-10-13/h3-7,10,12,14H,8-9,11H2,1-2H3,(H,18,19)(H,20,21). The molecule has 5 nitrogen and oxygen atoms in total. The fourth-order valence-corrected chi connectivity index (χ4v) is 2.10. The second kappa shape index (κ2) is 8.89. The van der Waals surface area contributed by atoms with Gasteiger partial charge in [0, 0.05) is 31.4 Å². The fraction of sp³-hybridized carbons (Fsp3) is 0.438. The van der Waals surface area contributed by atoms with Crippen LogP contribution in [0.4, 0.5) is 0 Å². The number of carboxylic acids is 1. The van der Waals surface area contributed by atoms with E-state index in [1.807, 2.05) is 19.9 Å². The van der Waals surface area contributed by atoms with E-state index in [1.54, 1.807) is 24.5 Å². The Labute approximate surface area is 125 Å². The van der Waals surface area contributed by atoms with Gasteiger partial charge in [-0.3, -0.25) is 14.6 Å². The average Bonchev–Trinajstić information content (AvgIpc) is 2.42. The Balaban J connectivity index is 2.45. The normalized spacial score (nSPS) is 12.5. The largest absolute Gasteiger partial charge is 0.481 e. The second-order valence-corrected chi connectivity index (χ2v) is 5.46.